The van der Waals surface area contributed by atoms with E-state index in [-0.39, 0.29) is 5.25 Å². The van der Waals surface area contributed by atoms with Crippen molar-refractivity contribution in [1.82, 2.24) is 0 Å². The van der Waals surface area contributed by atoms with E-state index in [1.807, 2.05) is 30.0 Å². The minimum atomic E-state index is -0.500. The van der Waals surface area contributed by atoms with Crippen molar-refractivity contribution in [2.45, 2.75) is 16.9 Å². The third-order valence-electron chi connectivity index (χ3n) is 6.40. The molecule has 35 heavy (non-hydrogen) atoms. The van der Waals surface area contributed by atoms with Gasteiger partial charge in [-0.25, -0.2) is 0 Å². The molecule has 2 heteroatoms. The van der Waals surface area contributed by atoms with Gasteiger partial charge in [0, 0.05) is 5.56 Å². The summed E-state index contributed by atoms with van der Waals surface area (Å²) in [5.41, 5.74) is 6.90. The molecule has 0 radical (unpaired) electrons. The Hall–Kier alpha value is -3.75. The molecular weight excluding hydrogens is 444 g/mol. The van der Waals surface area contributed by atoms with Crippen LogP contribution in [-0.4, -0.2) is 5.11 Å². The van der Waals surface area contributed by atoms with Crippen molar-refractivity contribution >= 4 is 11.8 Å². The van der Waals surface area contributed by atoms with Gasteiger partial charge in [0.25, 0.3) is 0 Å². The number of thioether (sulfide) groups is 1. The summed E-state index contributed by atoms with van der Waals surface area (Å²) in [6.07, 6.45) is 0. The number of aromatic hydroxyl groups is 1. The molecule has 0 heterocycles. The lowest BCUT2D eigenvalue weighted by molar-refractivity contribution is 0.469. The van der Waals surface area contributed by atoms with Crippen molar-refractivity contribution < 1.29 is 5.11 Å². The SMILES string of the molecule is Cc1cccc([C@@H](SC(c2ccccc2)(c2ccccc2)c2ccccc2)c2ccccc2O)c1. The van der Waals surface area contributed by atoms with E-state index < -0.39 is 4.75 Å². The molecular formula is C33H28OS. The fraction of sp³-hybridized carbons (Fsp3) is 0.0909. The number of phenols is 1. The Labute approximate surface area is 212 Å². The van der Waals surface area contributed by atoms with Gasteiger partial charge in [-0.1, -0.05) is 139 Å². The number of hydrogen-bond donors (Lipinski definition) is 1. The minimum absolute atomic E-state index is 0.100. The summed E-state index contributed by atoms with van der Waals surface area (Å²) >= 11 is 1.87. The first-order chi connectivity index (χ1) is 17.2. The molecule has 0 fully saturated rings. The fourth-order valence-corrected chi connectivity index (χ4v) is 6.53. The van der Waals surface area contributed by atoms with Crippen molar-refractivity contribution in [3.05, 3.63) is 173 Å². The van der Waals surface area contributed by atoms with Crippen molar-refractivity contribution in [1.29, 1.82) is 0 Å². The Balaban J connectivity index is 1.81. The number of aryl methyl sites for hydroxylation is 1. The summed E-state index contributed by atoms with van der Waals surface area (Å²) in [5, 5.41) is 10.9. The summed E-state index contributed by atoms with van der Waals surface area (Å²) in [6, 6.07) is 48.5. The van der Waals surface area contributed by atoms with E-state index >= 15 is 0 Å². The van der Waals surface area contributed by atoms with Crippen molar-refractivity contribution in [3.63, 3.8) is 0 Å². The summed E-state index contributed by atoms with van der Waals surface area (Å²) in [4.78, 5) is 0. The van der Waals surface area contributed by atoms with Crippen molar-refractivity contribution in [2.24, 2.45) is 0 Å². The highest BCUT2D eigenvalue weighted by Gasteiger charge is 2.40. The topological polar surface area (TPSA) is 20.2 Å². The maximum absolute atomic E-state index is 11.0. The Morgan fingerprint density at radius 3 is 1.54 bits per heavy atom. The molecule has 0 saturated carbocycles. The summed E-state index contributed by atoms with van der Waals surface area (Å²) in [7, 11) is 0. The van der Waals surface area contributed by atoms with Crippen LogP contribution >= 0.6 is 11.8 Å². The lowest BCUT2D eigenvalue weighted by atomic mass is 9.84. The molecule has 0 saturated heterocycles. The summed E-state index contributed by atoms with van der Waals surface area (Å²) in [5.74, 6) is 0.314. The molecule has 0 spiro atoms. The molecule has 0 unspecified atom stereocenters. The number of rotatable bonds is 7. The highest BCUT2D eigenvalue weighted by molar-refractivity contribution is 8.01. The molecule has 5 rings (SSSR count). The molecule has 5 aromatic carbocycles. The number of benzene rings is 5. The van der Waals surface area contributed by atoms with Crippen LogP contribution in [0.3, 0.4) is 0 Å². The van der Waals surface area contributed by atoms with Crippen LogP contribution in [0.15, 0.2) is 140 Å². The largest absolute Gasteiger partial charge is 0.508 e. The van der Waals surface area contributed by atoms with Crippen LogP contribution in [0.25, 0.3) is 0 Å². The minimum Gasteiger partial charge on any atom is -0.508 e. The van der Waals surface area contributed by atoms with Gasteiger partial charge in [0.15, 0.2) is 0 Å². The maximum atomic E-state index is 11.0. The predicted molar refractivity (Wildman–Crippen MR) is 148 cm³/mol. The smallest absolute Gasteiger partial charge is 0.120 e. The van der Waals surface area contributed by atoms with Crippen LogP contribution in [0.2, 0.25) is 0 Å². The van der Waals surface area contributed by atoms with E-state index in [9.17, 15) is 5.11 Å². The van der Waals surface area contributed by atoms with Crippen molar-refractivity contribution in [3.8, 4) is 5.75 Å². The third-order valence-corrected chi connectivity index (χ3v) is 8.22. The molecule has 1 atom stereocenters. The van der Waals surface area contributed by atoms with Crippen LogP contribution < -0.4 is 0 Å². The van der Waals surface area contributed by atoms with Gasteiger partial charge in [-0.3, -0.25) is 0 Å². The fourth-order valence-electron chi connectivity index (χ4n) is 4.75. The first kappa shape index (κ1) is 23.0. The van der Waals surface area contributed by atoms with Crippen LogP contribution in [0.1, 0.15) is 38.6 Å². The van der Waals surface area contributed by atoms with Gasteiger partial charge in [0.1, 0.15) is 5.75 Å². The number of hydrogen-bond acceptors (Lipinski definition) is 2. The van der Waals surface area contributed by atoms with Crippen LogP contribution in [0.5, 0.6) is 5.75 Å². The Bertz CT molecular complexity index is 1280. The van der Waals surface area contributed by atoms with E-state index in [0.29, 0.717) is 5.75 Å². The molecule has 0 aliphatic rings. The van der Waals surface area contributed by atoms with Crippen LogP contribution in [0.4, 0.5) is 0 Å². The van der Waals surface area contributed by atoms with E-state index in [2.05, 4.69) is 122 Å². The van der Waals surface area contributed by atoms with Gasteiger partial charge in [-0.2, -0.15) is 0 Å². The highest BCUT2D eigenvalue weighted by Crippen LogP contribution is 2.56. The monoisotopic (exact) mass is 472 g/mol. The second-order valence-electron chi connectivity index (χ2n) is 8.75. The second kappa shape index (κ2) is 10.2. The quantitative estimate of drug-likeness (QED) is 0.240. The number of para-hydroxylation sites is 1. The van der Waals surface area contributed by atoms with Crippen LogP contribution in [0, 0.1) is 6.92 Å². The van der Waals surface area contributed by atoms with Crippen molar-refractivity contribution in [2.75, 3.05) is 0 Å². The maximum Gasteiger partial charge on any atom is 0.120 e. The molecule has 0 aliphatic carbocycles. The highest BCUT2D eigenvalue weighted by atomic mass is 32.2. The zero-order valence-corrected chi connectivity index (χ0v) is 20.5. The molecule has 0 amide bonds. The Morgan fingerprint density at radius 1 is 0.571 bits per heavy atom. The molecule has 1 N–H and O–H groups in total. The first-order valence-electron chi connectivity index (χ1n) is 11.9. The van der Waals surface area contributed by atoms with Gasteiger partial charge in [-0.05, 0) is 35.2 Å². The van der Waals surface area contributed by atoms with Gasteiger partial charge in [0.2, 0.25) is 0 Å². The predicted octanol–water partition coefficient (Wildman–Crippen LogP) is 8.52. The Kier molecular flexibility index (Phi) is 6.74. The first-order valence-corrected chi connectivity index (χ1v) is 12.8. The van der Waals surface area contributed by atoms with Crippen LogP contribution in [-0.2, 0) is 4.75 Å². The third kappa shape index (κ3) is 4.62. The molecule has 1 nitrogen and oxygen atoms in total. The normalized spacial score (nSPS) is 12.3. The lowest BCUT2D eigenvalue weighted by Crippen LogP contribution is -2.27. The Morgan fingerprint density at radius 2 is 1.06 bits per heavy atom. The average Bonchev–Trinajstić information content (AvgIpc) is 2.92. The molecule has 0 aliphatic heterocycles. The zero-order chi connectivity index (χ0) is 24.1. The van der Waals surface area contributed by atoms with E-state index in [4.69, 9.17) is 0 Å². The standard InChI is InChI=1S/C33H28OS/c1-25-14-13-15-26(24-25)32(30-22-11-12-23-31(30)34)35-33(27-16-5-2-6-17-27,28-18-7-3-8-19-28)29-20-9-4-10-21-29/h2-24,32,34H,1H3/t32-/m1/s1. The summed E-state index contributed by atoms with van der Waals surface area (Å²) in [6.45, 7) is 2.12. The van der Waals surface area contributed by atoms with E-state index in [0.717, 1.165) is 5.56 Å². The van der Waals surface area contributed by atoms with Gasteiger partial charge in [0.05, 0.1) is 10.00 Å². The van der Waals surface area contributed by atoms with Gasteiger partial charge < -0.3 is 5.11 Å². The van der Waals surface area contributed by atoms with E-state index in [1.54, 1.807) is 6.07 Å². The summed E-state index contributed by atoms with van der Waals surface area (Å²) < 4.78 is -0.500. The molecule has 0 bridgehead atoms. The molecule has 5 aromatic rings. The lowest BCUT2D eigenvalue weighted by Gasteiger charge is -2.38. The number of phenolic OH excluding ortho intramolecular Hbond substituents is 1. The second-order valence-corrected chi connectivity index (χ2v) is 10.1. The zero-order valence-electron chi connectivity index (χ0n) is 19.7. The van der Waals surface area contributed by atoms with E-state index in [1.165, 1.54) is 27.8 Å². The molecule has 0 aromatic heterocycles. The average molecular weight is 473 g/mol. The molecule has 172 valence electrons. The van der Waals surface area contributed by atoms with Gasteiger partial charge in [-0.15, -0.1) is 11.8 Å². The van der Waals surface area contributed by atoms with Gasteiger partial charge >= 0.3 is 0 Å².